The largest absolute Gasteiger partial charge is 0.345 e. The van der Waals surface area contributed by atoms with Crippen LogP contribution in [-0.2, 0) is 18.4 Å². The first-order valence-electron chi connectivity index (χ1n) is 6.13. The number of hydrogen-bond donors (Lipinski definition) is 0. The van der Waals surface area contributed by atoms with Crippen molar-refractivity contribution in [3.8, 4) is 0 Å². The van der Waals surface area contributed by atoms with Gasteiger partial charge in [0.05, 0.1) is 12.2 Å². The van der Waals surface area contributed by atoms with Gasteiger partial charge in [0.25, 0.3) is 0 Å². The monoisotopic (exact) mass is 270 g/mol. The van der Waals surface area contributed by atoms with Gasteiger partial charge in [0.1, 0.15) is 5.15 Å². The maximum Gasteiger partial charge on any atom is 0.236 e. The molecule has 1 aliphatic heterocycles. The maximum atomic E-state index is 11.8. The van der Waals surface area contributed by atoms with Crippen molar-refractivity contribution in [2.45, 2.75) is 19.9 Å². The molecular weight excluding hydrogens is 252 g/mol. The van der Waals surface area contributed by atoms with Crippen molar-refractivity contribution >= 4 is 17.5 Å². The quantitative estimate of drug-likeness (QED) is 0.807. The minimum Gasteiger partial charge on any atom is -0.345 e. The molecule has 0 bridgehead atoms. The van der Waals surface area contributed by atoms with E-state index >= 15 is 0 Å². The highest BCUT2D eigenvalue weighted by atomic mass is 35.5. The molecule has 0 aliphatic carbocycles. The SMILES string of the molecule is Cc1nn(C)c(Cl)c1CN1CCCN(C)C(=O)C1. The second-order valence-corrected chi connectivity index (χ2v) is 5.22. The third-order valence-corrected chi connectivity index (χ3v) is 3.88. The molecule has 1 aliphatic rings. The number of aryl methyl sites for hydroxylation is 2. The lowest BCUT2D eigenvalue weighted by molar-refractivity contribution is -0.130. The highest BCUT2D eigenvalue weighted by Gasteiger charge is 2.21. The van der Waals surface area contributed by atoms with E-state index in [9.17, 15) is 4.79 Å². The highest BCUT2D eigenvalue weighted by Crippen LogP contribution is 2.21. The summed E-state index contributed by atoms with van der Waals surface area (Å²) in [5.41, 5.74) is 1.96. The normalized spacial score (nSPS) is 18.2. The fourth-order valence-corrected chi connectivity index (χ4v) is 2.49. The van der Waals surface area contributed by atoms with Crippen LogP contribution < -0.4 is 0 Å². The second-order valence-electron chi connectivity index (χ2n) is 4.86. The van der Waals surface area contributed by atoms with Gasteiger partial charge >= 0.3 is 0 Å². The van der Waals surface area contributed by atoms with Crippen LogP contribution in [0.1, 0.15) is 17.7 Å². The minimum atomic E-state index is 0.171. The first-order valence-corrected chi connectivity index (χ1v) is 6.51. The molecule has 0 saturated carbocycles. The number of carbonyl (C=O) groups is 1. The van der Waals surface area contributed by atoms with E-state index in [0.29, 0.717) is 18.2 Å². The summed E-state index contributed by atoms with van der Waals surface area (Å²) in [6.45, 7) is 4.85. The Hall–Kier alpha value is -1.07. The Morgan fingerprint density at radius 3 is 2.67 bits per heavy atom. The predicted molar refractivity (Wildman–Crippen MR) is 70.5 cm³/mol. The molecule has 0 radical (unpaired) electrons. The number of rotatable bonds is 2. The topological polar surface area (TPSA) is 41.4 Å². The van der Waals surface area contributed by atoms with Gasteiger partial charge < -0.3 is 4.90 Å². The number of halogens is 1. The highest BCUT2D eigenvalue weighted by molar-refractivity contribution is 6.30. The lowest BCUT2D eigenvalue weighted by atomic mass is 10.2. The van der Waals surface area contributed by atoms with Crippen molar-refractivity contribution in [2.24, 2.45) is 7.05 Å². The number of carbonyl (C=O) groups excluding carboxylic acids is 1. The fourth-order valence-electron chi connectivity index (χ4n) is 2.26. The van der Waals surface area contributed by atoms with Crippen LogP contribution in [-0.4, -0.2) is 52.2 Å². The van der Waals surface area contributed by atoms with E-state index in [1.165, 1.54) is 0 Å². The molecule has 6 heteroatoms. The molecule has 1 saturated heterocycles. The molecule has 2 heterocycles. The summed E-state index contributed by atoms with van der Waals surface area (Å²) in [4.78, 5) is 15.8. The smallest absolute Gasteiger partial charge is 0.236 e. The van der Waals surface area contributed by atoms with Crippen molar-refractivity contribution in [2.75, 3.05) is 26.7 Å². The Morgan fingerprint density at radius 2 is 2.06 bits per heavy atom. The molecule has 0 N–H and O–H groups in total. The zero-order valence-corrected chi connectivity index (χ0v) is 11.9. The number of likely N-dealkylation sites (N-methyl/N-ethyl adjacent to an activating group) is 1. The van der Waals surface area contributed by atoms with Crippen LogP contribution in [0, 0.1) is 6.92 Å². The fraction of sp³-hybridized carbons (Fsp3) is 0.667. The van der Waals surface area contributed by atoms with Gasteiger partial charge in [-0.3, -0.25) is 14.4 Å². The molecule has 1 amide bonds. The Labute approximate surface area is 112 Å². The van der Waals surface area contributed by atoms with Crippen LogP contribution in [0.15, 0.2) is 0 Å². The van der Waals surface area contributed by atoms with Gasteiger partial charge in [-0.25, -0.2) is 0 Å². The third kappa shape index (κ3) is 2.67. The number of amides is 1. The molecule has 100 valence electrons. The van der Waals surface area contributed by atoms with Crippen LogP contribution in [0.5, 0.6) is 0 Å². The molecule has 0 unspecified atom stereocenters. The Bertz CT molecular complexity index is 457. The van der Waals surface area contributed by atoms with Crippen LogP contribution in [0.4, 0.5) is 0 Å². The van der Waals surface area contributed by atoms with Gasteiger partial charge in [-0.1, -0.05) is 11.6 Å². The summed E-state index contributed by atoms with van der Waals surface area (Å²) >= 11 is 6.22. The van der Waals surface area contributed by atoms with Gasteiger partial charge in [-0.15, -0.1) is 0 Å². The average Bonchev–Trinajstić information content (AvgIpc) is 2.48. The molecule has 0 spiro atoms. The first kappa shape index (κ1) is 13.4. The third-order valence-electron chi connectivity index (χ3n) is 3.40. The summed E-state index contributed by atoms with van der Waals surface area (Å²) in [5, 5.41) is 4.96. The zero-order valence-electron chi connectivity index (χ0n) is 11.1. The molecule has 1 fully saturated rings. The number of aromatic nitrogens is 2. The van der Waals surface area contributed by atoms with Gasteiger partial charge in [-0.05, 0) is 13.3 Å². The summed E-state index contributed by atoms with van der Waals surface area (Å²) in [6, 6.07) is 0. The van der Waals surface area contributed by atoms with E-state index in [-0.39, 0.29) is 5.91 Å². The van der Waals surface area contributed by atoms with E-state index < -0.39 is 0 Å². The molecule has 5 nitrogen and oxygen atoms in total. The molecule has 0 atom stereocenters. The molecule has 18 heavy (non-hydrogen) atoms. The predicted octanol–water partition coefficient (Wildman–Crippen LogP) is 1.05. The summed E-state index contributed by atoms with van der Waals surface area (Å²) < 4.78 is 1.68. The van der Waals surface area contributed by atoms with Crippen molar-refractivity contribution in [3.05, 3.63) is 16.4 Å². The standard InChI is InChI=1S/C12H19ClN4O/c1-9-10(12(13)16(3)14-9)7-17-6-4-5-15(2)11(18)8-17/h4-8H2,1-3H3. The average molecular weight is 271 g/mol. The summed E-state index contributed by atoms with van der Waals surface area (Å²) in [6.07, 6.45) is 0.999. The van der Waals surface area contributed by atoms with Gasteiger partial charge in [0.15, 0.2) is 0 Å². The van der Waals surface area contributed by atoms with Gasteiger partial charge in [0, 0.05) is 39.3 Å². The van der Waals surface area contributed by atoms with E-state index in [0.717, 1.165) is 30.8 Å². The van der Waals surface area contributed by atoms with Crippen molar-refractivity contribution < 1.29 is 4.79 Å². The van der Waals surface area contributed by atoms with E-state index in [1.54, 1.807) is 9.58 Å². The number of hydrogen-bond acceptors (Lipinski definition) is 3. The van der Waals surface area contributed by atoms with Gasteiger partial charge in [0.2, 0.25) is 5.91 Å². The Morgan fingerprint density at radius 1 is 1.33 bits per heavy atom. The van der Waals surface area contributed by atoms with E-state index in [1.807, 2.05) is 21.0 Å². The van der Waals surface area contributed by atoms with Crippen molar-refractivity contribution in [3.63, 3.8) is 0 Å². The summed E-state index contributed by atoms with van der Waals surface area (Å²) in [5.74, 6) is 0.171. The minimum absolute atomic E-state index is 0.171. The van der Waals surface area contributed by atoms with Crippen molar-refractivity contribution in [1.29, 1.82) is 0 Å². The number of nitrogens with zero attached hydrogens (tertiary/aromatic N) is 4. The first-order chi connectivity index (χ1) is 8.49. The lowest BCUT2D eigenvalue weighted by Crippen LogP contribution is -2.34. The second kappa shape index (κ2) is 5.28. The van der Waals surface area contributed by atoms with Crippen LogP contribution in [0.2, 0.25) is 5.15 Å². The van der Waals surface area contributed by atoms with Crippen molar-refractivity contribution in [1.82, 2.24) is 19.6 Å². The van der Waals surface area contributed by atoms with Gasteiger partial charge in [-0.2, -0.15) is 5.10 Å². The Balaban J connectivity index is 2.11. The Kier molecular flexibility index (Phi) is 3.92. The lowest BCUT2D eigenvalue weighted by Gasteiger charge is -2.19. The van der Waals surface area contributed by atoms with Crippen LogP contribution >= 0.6 is 11.6 Å². The van der Waals surface area contributed by atoms with Crippen LogP contribution in [0.25, 0.3) is 0 Å². The molecule has 2 rings (SSSR count). The molecule has 1 aromatic heterocycles. The molecule has 0 aromatic carbocycles. The zero-order chi connectivity index (χ0) is 13.3. The summed E-state index contributed by atoms with van der Waals surface area (Å²) in [7, 11) is 3.69. The van der Waals surface area contributed by atoms with E-state index in [4.69, 9.17) is 11.6 Å². The van der Waals surface area contributed by atoms with Crippen LogP contribution in [0.3, 0.4) is 0 Å². The maximum absolute atomic E-state index is 11.8. The molecular formula is C12H19ClN4O. The molecule has 1 aromatic rings. The van der Waals surface area contributed by atoms with E-state index in [2.05, 4.69) is 10.00 Å².